The number of amidine groups is 1. The molecule has 0 spiro atoms. The van der Waals surface area contributed by atoms with Gasteiger partial charge in [0.15, 0.2) is 5.17 Å². The monoisotopic (exact) mass is 414 g/mol. The van der Waals surface area contributed by atoms with Gasteiger partial charge in [-0.25, -0.2) is 14.6 Å². The molecule has 1 aromatic rings. The van der Waals surface area contributed by atoms with Crippen molar-refractivity contribution in [2.75, 3.05) is 27.2 Å². The zero-order chi connectivity index (χ0) is 18.7. The van der Waals surface area contributed by atoms with Crippen LogP contribution in [0.2, 0.25) is 0 Å². The first-order valence-corrected chi connectivity index (χ1v) is 8.98. The Morgan fingerprint density at radius 2 is 2.19 bits per heavy atom. The molecule has 10 heteroatoms. The molecular formula is C17H20ClFN4O3S. The number of halogens is 2. The Balaban J connectivity index is 0.00000261. The first-order chi connectivity index (χ1) is 12.4. The number of nitrogens with one attached hydrogen (secondary N) is 1. The summed E-state index contributed by atoms with van der Waals surface area (Å²) in [6.45, 7) is 1.63. The Morgan fingerprint density at radius 3 is 2.85 bits per heavy atom. The molecular weight excluding hydrogens is 395 g/mol. The SMILES string of the molecule is CN(C)C(=O)Oc1cc(F)ccc1C=C1SC(N2CCCCN2)=NC1=O.Cl. The number of rotatable bonds is 2. The molecule has 27 heavy (non-hydrogen) atoms. The Kier molecular flexibility index (Phi) is 7.23. The fourth-order valence-corrected chi connectivity index (χ4v) is 3.32. The maximum Gasteiger partial charge on any atom is 0.414 e. The third-order valence-corrected chi connectivity index (χ3v) is 4.78. The van der Waals surface area contributed by atoms with Gasteiger partial charge in [0.1, 0.15) is 11.6 Å². The summed E-state index contributed by atoms with van der Waals surface area (Å²) in [6.07, 6.45) is 3.05. The van der Waals surface area contributed by atoms with Crippen LogP contribution in [0.3, 0.4) is 0 Å². The third kappa shape index (κ3) is 5.21. The summed E-state index contributed by atoms with van der Waals surface area (Å²) >= 11 is 1.24. The van der Waals surface area contributed by atoms with E-state index in [4.69, 9.17) is 4.74 Å². The van der Waals surface area contributed by atoms with Gasteiger partial charge in [0.2, 0.25) is 0 Å². The van der Waals surface area contributed by atoms with Crippen LogP contribution in [-0.4, -0.2) is 54.3 Å². The summed E-state index contributed by atoms with van der Waals surface area (Å²) in [6, 6.07) is 3.83. The molecule has 2 aliphatic rings. The van der Waals surface area contributed by atoms with Crippen molar-refractivity contribution in [1.82, 2.24) is 15.3 Å². The van der Waals surface area contributed by atoms with Gasteiger partial charge in [0.25, 0.3) is 5.91 Å². The van der Waals surface area contributed by atoms with Gasteiger partial charge in [0.05, 0.1) is 4.91 Å². The van der Waals surface area contributed by atoms with Crippen LogP contribution in [0, 0.1) is 5.82 Å². The van der Waals surface area contributed by atoms with Gasteiger partial charge in [-0.15, -0.1) is 12.4 Å². The Hall–Kier alpha value is -2.10. The molecule has 1 N–H and O–H groups in total. The molecule has 0 saturated carbocycles. The number of carbonyl (C=O) groups is 2. The van der Waals surface area contributed by atoms with Crippen LogP contribution in [0.5, 0.6) is 5.75 Å². The maximum absolute atomic E-state index is 13.6. The van der Waals surface area contributed by atoms with Gasteiger partial charge in [-0.3, -0.25) is 9.80 Å². The summed E-state index contributed by atoms with van der Waals surface area (Å²) < 4.78 is 18.8. The van der Waals surface area contributed by atoms with Crippen LogP contribution in [0.1, 0.15) is 18.4 Å². The minimum absolute atomic E-state index is 0. The highest BCUT2D eigenvalue weighted by atomic mass is 35.5. The van der Waals surface area contributed by atoms with Crippen molar-refractivity contribution in [1.29, 1.82) is 0 Å². The molecule has 0 bridgehead atoms. The lowest BCUT2D eigenvalue weighted by molar-refractivity contribution is -0.113. The lowest BCUT2D eigenvalue weighted by Gasteiger charge is -2.28. The zero-order valence-corrected chi connectivity index (χ0v) is 16.5. The van der Waals surface area contributed by atoms with E-state index >= 15 is 0 Å². The lowest BCUT2D eigenvalue weighted by atomic mass is 10.2. The number of hydrogen-bond donors (Lipinski definition) is 1. The molecule has 146 valence electrons. The van der Waals surface area contributed by atoms with E-state index in [1.807, 2.05) is 5.01 Å². The van der Waals surface area contributed by atoms with Crippen LogP contribution >= 0.6 is 24.2 Å². The van der Waals surface area contributed by atoms with Crippen LogP contribution in [0.25, 0.3) is 6.08 Å². The van der Waals surface area contributed by atoms with Gasteiger partial charge >= 0.3 is 6.09 Å². The van der Waals surface area contributed by atoms with Crippen molar-refractivity contribution in [2.24, 2.45) is 4.99 Å². The largest absolute Gasteiger partial charge is 0.414 e. The Labute approximate surface area is 167 Å². The normalized spacial score (nSPS) is 18.2. The molecule has 0 unspecified atom stereocenters. The second-order valence-corrected chi connectivity index (χ2v) is 7.03. The molecule has 0 radical (unpaired) electrons. The van der Waals surface area contributed by atoms with Crippen LogP contribution in [-0.2, 0) is 4.79 Å². The summed E-state index contributed by atoms with van der Waals surface area (Å²) in [5.74, 6) is -0.853. The number of thioether (sulfide) groups is 1. The summed E-state index contributed by atoms with van der Waals surface area (Å²) in [5.41, 5.74) is 3.63. The molecule has 0 aromatic heterocycles. The summed E-state index contributed by atoms with van der Waals surface area (Å²) in [5, 5.41) is 2.46. The molecule has 2 heterocycles. The van der Waals surface area contributed by atoms with Crippen molar-refractivity contribution in [3.63, 3.8) is 0 Å². The van der Waals surface area contributed by atoms with Gasteiger partial charge in [-0.05, 0) is 42.8 Å². The molecule has 0 aliphatic carbocycles. The smallest absolute Gasteiger partial charge is 0.409 e. The van der Waals surface area contributed by atoms with Crippen molar-refractivity contribution >= 4 is 47.4 Å². The molecule has 2 amide bonds. The summed E-state index contributed by atoms with van der Waals surface area (Å²) in [4.78, 5) is 29.7. The average Bonchev–Trinajstić information content (AvgIpc) is 2.98. The second kappa shape index (κ2) is 9.20. The summed E-state index contributed by atoms with van der Waals surface area (Å²) in [7, 11) is 3.06. The number of hydrazine groups is 1. The van der Waals surface area contributed by atoms with E-state index in [9.17, 15) is 14.0 Å². The van der Waals surface area contributed by atoms with Gasteiger partial charge < -0.3 is 9.64 Å². The van der Waals surface area contributed by atoms with Gasteiger partial charge in [-0.1, -0.05) is 0 Å². The predicted molar refractivity (Wildman–Crippen MR) is 105 cm³/mol. The number of hydrogen-bond acceptors (Lipinski definition) is 6. The number of aliphatic imine (C=N–C) groups is 1. The lowest BCUT2D eigenvalue weighted by Crippen LogP contribution is -2.45. The fourth-order valence-electron chi connectivity index (χ4n) is 2.41. The highest BCUT2D eigenvalue weighted by molar-refractivity contribution is 8.18. The number of carbonyl (C=O) groups excluding carboxylic acids is 2. The number of nitrogens with zero attached hydrogens (tertiary/aromatic N) is 3. The van der Waals surface area contributed by atoms with E-state index in [0.29, 0.717) is 15.6 Å². The Morgan fingerprint density at radius 1 is 1.41 bits per heavy atom. The molecule has 1 aromatic carbocycles. The van der Waals surface area contributed by atoms with Crippen molar-refractivity contribution in [3.8, 4) is 5.75 Å². The molecule has 3 rings (SSSR count). The Bertz CT molecular complexity index is 794. The van der Waals surface area contributed by atoms with Crippen LogP contribution in [0.15, 0.2) is 28.1 Å². The number of benzene rings is 1. The van der Waals surface area contributed by atoms with E-state index in [1.54, 1.807) is 6.08 Å². The van der Waals surface area contributed by atoms with Crippen LogP contribution in [0.4, 0.5) is 9.18 Å². The van der Waals surface area contributed by atoms with E-state index in [2.05, 4.69) is 10.4 Å². The van der Waals surface area contributed by atoms with Crippen LogP contribution < -0.4 is 10.2 Å². The van der Waals surface area contributed by atoms with Crippen molar-refractivity contribution in [2.45, 2.75) is 12.8 Å². The molecule has 7 nitrogen and oxygen atoms in total. The fraction of sp³-hybridized carbons (Fsp3) is 0.353. The topological polar surface area (TPSA) is 74.2 Å². The number of ether oxygens (including phenoxy) is 1. The number of amides is 2. The van der Waals surface area contributed by atoms with Crippen molar-refractivity contribution < 1.29 is 18.7 Å². The second-order valence-electron chi connectivity index (χ2n) is 6.02. The van der Waals surface area contributed by atoms with Gasteiger partial charge in [-0.2, -0.15) is 4.99 Å². The molecule has 0 atom stereocenters. The van der Waals surface area contributed by atoms with E-state index in [-0.39, 0.29) is 24.1 Å². The quantitative estimate of drug-likeness (QED) is 0.750. The highest BCUT2D eigenvalue weighted by Crippen LogP contribution is 2.32. The standard InChI is InChI=1S/C17H19FN4O3S.ClH/c1-21(2)17(24)25-13-10-12(18)6-5-11(13)9-14-15(23)20-16(26-14)22-8-4-3-7-19-22;/h5-6,9-10,19H,3-4,7-8H2,1-2H3;1H. The third-order valence-electron chi connectivity index (χ3n) is 3.78. The first kappa shape index (κ1) is 21.2. The average molecular weight is 415 g/mol. The molecule has 1 saturated heterocycles. The first-order valence-electron chi connectivity index (χ1n) is 8.16. The minimum Gasteiger partial charge on any atom is -0.409 e. The van der Waals surface area contributed by atoms with E-state index in [0.717, 1.165) is 32.0 Å². The maximum atomic E-state index is 13.6. The predicted octanol–water partition coefficient (Wildman–Crippen LogP) is 2.88. The van der Waals surface area contributed by atoms with Crippen molar-refractivity contribution in [3.05, 3.63) is 34.5 Å². The molecule has 1 fully saturated rings. The zero-order valence-electron chi connectivity index (χ0n) is 14.9. The molecule has 2 aliphatic heterocycles. The highest BCUT2D eigenvalue weighted by Gasteiger charge is 2.27. The van der Waals surface area contributed by atoms with E-state index < -0.39 is 11.9 Å². The van der Waals surface area contributed by atoms with Gasteiger partial charge in [0, 0.05) is 38.8 Å². The minimum atomic E-state index is -0.630. The van der Waals surface area contributed by atoms with E-state index in [1.165, 1.54) is 42.9 Å².